The second-order valence-electron chi connectivity index (χ2n) is 4.32. The van der Waals surface area contributed by atoms with Gasteiger partial charge in [-0.15, -0.1) is 0 Å². The van der Waals surface area contributed by atoms with Gasteiger partial charge in [-0.3, -0.25) is 4.98 Å². The molecular formula is C14H20N4. The average Bonchev–Trinajstić information content (AvgIpc) is 2.84. The molecule has 0 radical (unpaired) electrons. The first-order valence-corrected chi connectivity index (χ1v) is 6.49. The highest BCUT2D eigenvalue weighted by atomic mass is 15.1. The van der Waals surface area contributed by atoms with Gasteiger partial charge in [-0.2, -0.15) is 0 Å². The summed E-state index contributed by atoms with van der Waals surface area (Å²) in [6.45, 7) is 5.02. The van der Waals surface area contributed by atoms with Crippen LogP contribution in [0.2, 0.25) is 0 Å². The van der Waals surface area contributed by atoms with E-state index in [1.807, 2.05) is 24.8 Å². The van der Waals surface area contributed by atoms with Crippen LogP contribution in [0.15, 0.2) is 36.9 Å². The number of aryl methyl sites for hydroxylation is 1. The van der Waals surface area contributed by atoms with Crippen LogP contribution in [0.3, 0.4) is 0 Å². The summed E-state index contributed by atoms with van der Waals surface area (Å²) >= 11 is 0. The van der Waals surface area contributed by atoms with E-state index < -0.39 is 0 Å². The van der Waals surface area contributed by atoms with Gasteiger partial charge in [0.1, 0.15) is 5.82 Å². The van der Waals surface area contributed by atoms with Crippen LogP contribution in [-0.2, 0) is 19.5 Å². The smallest absolute Gasteiger partial charge is 0.122 e. The number of rotatable bonds is 7. The van der Waals surface area contributed by atoms with E-state index in [4.69, 9.17) is 0 Å². The summed E-state index contributed by atoms with van der Waals surface area (Å²) in [6.07, 6.45) is 9.75. The summed E-state index contributed by atoms with van der Waals surface area (Å²) in [5, 5.41) is 3.43. The Morgan fingerprint density at radius 3 is 2.83 bits per heavy atom. The van der Waals surface area contributed by atoms with Crippen molar-refractivity contribution in [1.82, 2.24) is 19.9 Å². The molecule has 0 aliphatic heterocycles. The van der Waals surface area contributed by atoms with Crippen LogP contribution >= 0.6 is 0 Å². The third-order valence-corrected chi connectivity index (χ3v) is 2.89. The predicted octanol–water partition coefficient (Wildman–Crippen LogP) is 2.02. The molecule has 0 saturated heterocycles. The lowest BCUT2D eigenvalue weighted by Gasteiger charge is -2.07. The first kappa shape index (κ1) is 12.8. The third-order valence-electron chi connectivity index (χ3n) is 2.89. The number of pyridine rings is 1. The normalized spacial score (nSPS) is 10.7. The lowest BCUT2D eigenvalue weighted by molar-refractivity contribution is 0.589. The highest BCUT2D eigenvalue weighted by Crippen LogP contribution is 2.00. The van der Waals surface area contributed by atoms with Crippen LogP contribution in [0.25, 0.3) is 0 Å². The van der Waals surface area contributed by atoms with Gasteiger partial charge in [0.25, 0.3) is 0 Å². The first-order chi connectivity index (χ1) is 8.90. The van der Waals surface area contributed by atoms with Crippen LogP contribution in [0.5, 0.6) is 0 Å². The number of hydrogen-bond acceptors (Lipinski definition) is 3. The minimum atomic E-state index is 0.831. The molecule has 96 valence electrons. The van der Waals surface area contributed by atoms with Crippen molar-refractivity contribution >= 4 is 0 Å². The van der Waals surface area contributed by atoms with Gasteiger partial charge in [-0.25, -0.2) is 4.98 Å². The van der Waals surface area contributed by atoms with Crippen LogP contribution in [-0.4, -0.2) is 21.1 Å². The molecule has 2 heterocycles. The fourth-order valence-electron chi connectivity index (χ4n) is 1.93. The number of aromatic nitrogens is 3. The summed E-state index contributed by atoms with van der Waals surface area (Å²) in [5.74, 6) is 1.12. The highest BCUT2D eigenvalue weighted by molar-refractivity contribution is 5.09. The second-order valence-corrected chi connectivity index (χ2v) is 4.32. The fourth-order valence-corrected chi connectivity index (χ4v) is 1.93. The highest BCUT2D eigenvalue weighted by Gasteiger charge is 2.00. The van der Waals surface area contributed by atoms with Crippen LogP contribution < -0.4 is 5.32 Å². The quantitative estimate of drug-likeness (QED) is 0.758. The topological polar surface area (TPSA) is 42.7 Å². The van der Waals surface area contributed by atoms with Gasteiger partial charge in [0.2, 0.25) is 0 Å². The Kier molecular flexibility index (Phi) is 4.90. The molecule has 18 heavy (non-hydrogen) atoms. The van der Waals surface area contributed by atoms with Crippen molar-refractivity contribution in [2.24, 2.45) is 0 Å². The minimum absolute atomic E-state index is 0.831. The fraction of sp³-hybridized carbons (Fsp3) is 0.429. The van der Waals surface area contributed by atoms with Crippen LogP contribution in [0.4, 0.5) is 0 Å². The molecule has 0 fully saturated rings. The average molecular weight is 244 g/mol. The summed E-state index contributed by atoms with van der Waals surface area (Å²) < 4.78 is 2.21. The molecule has 2 rings (SSSR count). The lowest BCUT2D eigenvalue weighted by Crippen LogP contribution is -2.19. The molecule has 0 saturated carbocycles. The van der Waals surface area contributed by atoms with E-state index in [1.54, 1.807) is 0 Å². The Hall–Kier alpha value is -1.68. The first-order valence-electron chi connectivity index (χ1n) is 6.49. The molecule has 2 aromatic heterocycles. The zero-order chi connectivity index (χ0) is 12.6. The number of nitrogens with one attached hydrogen (secondary N) is 1. The molecule has 0 unspecified atom stereocenters. The molecule has 0 aromatic carbocycles. The van der Waals surface area contributed by atoms with E-state index in [9.17, 15) is 0 Å². The van der Waals surface area contributed by atoms with Gasteiger partial charge in [-0.1, -0.05) is 6.92 Å². The number of imidazole rings is 1. The summed E-state index contributed by atoms with van der Waals surface area (Å²) in [5.41, 5.74) is 1.31. The van der Waals surface area contributed by atoms with Crippen molar-refractivity contribution in [2.75, 3.05) is 6.54 Å². The third kappa shape index (κ3) is 3.67. The summed E-state index contributed by atoms with van der Waals surface area (Å²) in [7, 11) is 0. The predicted molar refractivity (Wildman–Crippen MR) is 72.2 cm³/mol. The lowest BCUT2D eigenvalue weighted by atomic mass is 10.2. The monoisotopic (exact) mass is 244 g/mol. The number of nitrogens with zero attached hydrogens (tertiary/aromatic N) is 3. The Balaban J connectivity index is 1.73. The van der Waals surface area contributed by atoms with Crippen molar-refractivity contribution in [3.05, 3.63) is 48.3 Å². The summed E-state index contributed by atoms with van der Waals surface area (Å²) in [4.78, 5) is 8.38. The molecule has 0 aliphatic carbocycles. The molecular weight excluding hydrogens is 224 g/mol. The molecule has 0 bridgehead atoms. The van der Waals surface area contributed by atoms with E-state index in [0.717, 1.165) is 38.3 Å². The van der Waals surface area contributed by atoms with E-state index in [2.05, 4.69) is 38.9 Å². The molecule has 0 amide bonds. The van der Waals surface area contributed by atoms with Crippen molar-refractivity contribution in [1.29, 1.82) is 0 Å². The zero-order valence-electron chi connectivity index (χ0n) is 10.8. The van der Waals surface area contributed by atoms with E-state index in [0.29, 0.717) is 0 Å². The Labute approximate surface area is 108 Å². The largest absolute Gasteiger partial charge is 0.334 e. The van der Waals surface area contributed by atoms with E-state index >= 15 is 0 Å². The Morgan fingerprint density at radius 1 is 1.22 bits per heavy atom. The van der Waals surface area contributed by atoms with Crippen molar-refractivity contribution in [3.8, 4) is 0 Å². The molecule has 4 nitrogen and oxygen atoms in total. The van der Waals surface area contributed by atoms with Crippen LogP contribution in [0.1, 0.15) is 24.7 Å². The second kappa shape index (κ2) is 6.91. The van der Waals surface area contributed by atoms with E-state index in [-0.39, 0.29) is 0 Å². The van der Waals surface area contributed by atoms with Crippen molar-refractivity contribution in [3.63, 3.8) is 0 Å². The minimum Gasteiger partial charge on any atom is -0.334 e. The van der Waals surface area contributed by atoms with Gasteiger partial charge in [0.05, 0.1) is 6.54 Å². The van der Waals surface area contributed by atoms with E-state index in [1.165, 1.54) is 5.56 Å². The molecule has 0 spiro atoms. The van der Waals surface area contributed by atoms with Crippen LogP contribution in [0, 0.1) is 0 Å². The maximum atomic E-state index is 4.37. The number of hydrogen-bond donors (Lipinski definition) is 1. The Morgan fingerprint density at radius 2 is 2.06 bits per heavy atom. The molecule has 1 N–H and O–H groups in total. The maximum absolute atomic E-state index is 4.37. The SMILES string of the molecule is CCCn1ccnc1CNCCc1ccncc1. The molecule has 4 heteroatoms. The van der Waals surface area contributed by atoms with Gasteiger partial charge < -0.3 is 9.88 Å². The molecule has 0 atom stereocenters. The maximum Gasteiger partial charge on any atom is 0.122 e. The molecule has 2 aromatic rings. The van der Waals surface area contributed by atoms with Gasteiger partial charge in [0.15, 0.2) is 0 Å². The standard InChI is InChI=1S/C14H20N4/c1-2-10-18-11-9-17-14(18)12-16-8-5-13-3-6-15-7-4-13/h3-4,6-7,9,11,16H,2,5,8,10,12H2,1H3. The Bertz CT molecular complexity index is 450. The zero-order valence-corrected chi connectivity index (χ0v) is 10.8. The van der Waals surface area contributed by atoms with Gasteiger partial charge in [0, 0.05) is 31.3 Å². The van der Waals surface area contributed by atoms with Gasteiger partial charge >= 0.3 is 0 Å². The van der Waals surface area contributed by atoms with Crippen molar-refractivity contribution in [2.45, 2.75) is 32.9 Å². The molecule has 0 aliphatic rings. The van der Waals surface area contributed by atoms with Gasteiger partial charge in [-0.05, 0) is 37.1 Å². The van der Waals surface area contributed by atoms with Crippen molar-refractivity contribution < 1.29 is 0 Å². The summed E-state index contributed by atoms with van der Waals surface area (Å²) in [6, 6.07) is 4.11.